The molecular formula is C12H16N2O3S. The van der Waals surface area contributed by atoms with Crippen molar-refractivity contribution in [1.82, 2.24) is 10.3 Å². The van der Waals surface area contributed by atoms with Crippen molar-refractivity contribution < 1.29 is 14.7 Å². The fraction of sp³-hybridized carbons (Fsp3) is 0.583. The second kappa shape index (κ2) is 5.48. The van der Waals surface area contributed by atoms with Gasteiger partial charge in [0.2, 0.25) is 5.91 Å². The highest BCUT2D eigenvalue weighted by atomic mass is 32.1. The molecule has 18 heavy (non-hydrogen) atoms. The summed E-state index contributed by atoms with van der Waals surface area (Å²) in [4.78, 5) is 27.9. The molecule has 1 fully saturated rings. The normalized spacial score (nSPS) is 22.9. The molecule has 0 spiro atoms. The van der Waals surface area contributed by atoms with Gasteiger partial charge in [-0.2, -0.15) is 0 Å². The fourth-order valence-electron chi connectivity index (χ4n) is 2.25. The van der Waals surface area contributed by atoms with Crippen LogP contribution in [0, 0.1) is 18.8 Å². The molecule has 6 heteroatoms. The van der Waals surface area contributed by atoms with E-state index >= 15 is 0 Å². The third-order valence-electron chi connectivity index (χ3n) is 3.42. The van der Waals surface area contributed by atoms with Crippen molar-refractivity contribution in [2.75, 3.05) is 0 Å². The molecule has 0 radical (unpaired) electrons. The zero-order valence-electron chi connectivity index (χ0n) is 10.2. The molecule has 1 heterocycles. The summed E-state index contributed by atoms with van der Waals surface area (Å²) in [6.07, 6.45) is 1.74. The number of carboxylic acids is 1. The van der Waals surface area contributed by atoms with Gasteiger partial charge in [0.25, 0.3) is 0 Å². The highest BCUT2D eigenvalue weighted by molar-refractivity contribution is 7.09. The van der Waals surface area contributed by atoms with Gasteiger partial charge in [-0.3, -0.25) is 9.59 Å². The predicted octanol–water partition coefficient (Wildman–Crippen LogP) is 1.57. The zero-order chi connectivity index (χ0) is 13.1. The Morgan fingerprint density at radius 2 is 2.22 bits per heavy atom. The number of aliphatic carboxylic acids is 1. The number of hydrogen-bond acceptors (Lipinski definition) is 4. The minimum absolute atomic E-state index is 0.0356. The topological polar surface area (TPSA) is 79.3 Å². The Balaban J connectivity index is 1.83. The minimum Gasteiger partial charge on any atom is -0.481 e. The molecule has 5 nitrogen and oxygen atoms in total. The average molecular weight is 268 g/mol. The predicted molar refractivity (Wildman–Crippen MR) is 67.2 cm³/mol. The summed E-state index contributed by atoms with van der Waals surface area (Å²) >= 11 is 1.52. The first-order valence-corrected chi connectivity index (χ1v) is 6.85. The van der Waals surface area contributed by atoms with Crippen LogP contribution in [-0.4, -0.2) is 22.0 Å². The SMILES string of the molecule is Cc1ncsc1CNC(=O)[C@@H]1CC[C@H](C(=O)O)C1. The van der Waals surface area contributed by atoms with Crippen molar-refractivity contribution in [1.29, 1.82) is 0 Å². The van der Waals surface area contributed by atoms with Crippen molar-refractivity contribution in [3.05, 3.63) is 16.1 Å². The van der Waals surface area contributed by atoms with Crippen LogP contribution in [0.1, 0.15) is 29.8 Å². The number of rotatable bonds is 4. The summed E-state index contributed by atoms with van der Waals surface area (Å²) in [6, 6.07) is 0. The molecule has 1 aromatic rings. The Bertz CT molecular complexity index is 458. The summed E-state index contributed by atoms with van der Waals surface area (Å²) in [5.74, 6) is -1.33. The van der Waals surface area contributed by atoms with Crippen LogP contribution in [-0.2, 0) is 16.1 Å². The number of carboxylic acid groups (broad SMARTS) is 1. The van der Waals surface area contributed by atoms with E-state index < -0.39 is 5.97 Å². The smallest absolute Gasteiger partial charge is 0.306 e. The van der Waals surface area contributed by atoms with Gasteiger partial charge in [0.15, 0.2) is 0 Å². The zero-order valence-corrected chi connectivity index (χ0v) is 11.0. The van der Waals surface area contributed by atoms with E-state index in [0.29, 0.717) is 25.8 Å². The minimum atomic E-state index is -0.788. The monoisotopic (exact) mass is 268 g/mol. The number of amides is 1. The Hall–Kier alpha value is -1.43. The van der Waals surface area contributed by atoms with E-state index in [-0.39, 0.29) is 17.7 Å². The molecule has 2 rings (SSSR count). The van der Waals surface area contributed by atoms with Gasteiger partial charge in [0.1, 0.15) is 0 Å². The summed E-state index contributed by atoms with van der Waals surface area (Å²) < 4.78 is 0. The molecule has 0 bridgehead atoms. The molecule has 0 unspecified atom stereocenters. The van der Waals surface area contributed by atoms with Crippen molar-refractivity contribution in [3.8, 4) is 0 Å². The molecule has 1 aliphatic rings. The molecule has 98 valence electrons. The molecule has 1 amide bonds. The molecule has 0 saturated heterocycles. The van der Waals surface area contributed by atoms with Crippen molar-refractivity contribution >= 4 is 23.2 Å². The Kier molecular flexibility index (Phi) is 3.96. The van der Waals surface area contributed by atoms with Crippen LogP contribution in [0.15, 0.2) is 5.51 Å². The van der Waals surface area contributed by atoms with Crippen molar-refractivity contribution in [2.24, 2.45) is 11.8 Å². The number of nitrogens with one attached hydrogen (secondary N) is 1. The van der Waals surface area contributed by atoms with E-state index in [2.05, 4.69) is 10.3 Å². The highest BCUT2D eigenvalue weighted by Gasteiger charge is 2.33. The lowest BCUT2D eigenvalue weighted by Gasteiger charge is -2.10. The molecule has 2 atom stereocenters. The lowest BCUT2D eigenvalue weighted by Crippen LogP contribution is -2.29. The first-order valence-electron chi connectivity index (χ1n) is 5.97. The molecule has 0 aliphatic heterocycles. The maximum absolute atomic E-state index is 11.9. The first-order chi connectivity index (χ1) is 8.58. The number of nitrogens with zero attached hydrogens (tertiary/aromatic N) is 1. The summed E-state index contributed by atoms with van der Waals surface area (Å²) in [5, 5.41) is 11.8. The summed E-state index contributed by atoms with van der Waals surface area (Å²) in [5.41, 5.74) is 2.70. The number of carbonyl (C=O) groups is 2. The van der Waals surface area contributed by atoms with E-state index in [4.69, 9.17) is 5.11 Å². The van der Waals surface area contributed by atoms with E-state index in [0.717, 1.165) is 10.6 Å². The summed E-state index contributed by atoms with van der Waals surface area (Å²) in [6.45, 7) is 2.40. The standard InChI is InChI=1S/C12H16N2O3S/c1-7-10(18-6-14-7)5-13-11(15)8-2-3-9(4-8)12(16)17/h6,8-9H,2-5H2,1H3,(H,13,15)(H,16,17)/t8-,9+/m1/s1. The van der Waals surface area contributed by atoms with Crippen LogP contribution in [0.2, 0.25) is 0 Å². The highest BCUT2D eigenvalue weighted by Crippen LogP contribution is 2.31. The lowest BCUT2D eigenvalue weighted by atomic mass is 10.0. The first kappa shape index (κ1) is 13.0. The molecule has 2 N–H and O–H groups in total. The van der Waals surface area contributed by atoms with E-state index in [1.54, 1.807) is 5.51 Å². The number of aromatic nitrogens is 1. The van der Waals surface area contributed by atoms with Crippen LogP contribution in [0.3, 0.4) is 0 Å². The second-order valence-corrected chi connectivity index (χ2v) is 5.56. The van der Waals surface area contributed by atoms with Gasteiger partial charge in [-0.05, 0) is 26.2 Å². The molecule has 1 aromatic heterocycles. The number of carbonyl (C=O) groups excluding carboxylic acids is 1. The van der Waals surface area contributed by atoms with Crippen LogP contribution >= 0.6 is 11.3 Å². The molecule has 1 aliphatic carbocycles. The van der Waals surface area contributed by atoms with Gasteiger partial charge in [-0.1, -0.05) is 0 Å². The van der Waals surface area contributed by atoms with Crippen LogP contribution < -0.4 is 5.32 Å². The molecular weight excluding hydrogens is 252 g/mol. The number of thiazole rings is 1. The number of hydrogen-bond donors (Lipinski definition) is 2. The van der Waals surface area contributed by atoms with Gasteiger partial charge < -0.3 is 10.4 Å². The van der Waals surface area contributed by atoms with E-state index in [9.17, 15) is 9.59 Å². The van der Waals surface area contributed by atoms with Gasteiger partial charge in [0.05, 0.1) is 23.7 Å². The van der Waals surface area contributed by atoms with Crippen molar-refractivity contribution in [3.63, 3.8) is 0 Å². The summed E-state index contributed by atoms with van der Waals surface area (Å²) in [7, 11) is 0. The quantitative estimate of drug-likeness (QED) is 0.868. The average Bonchev–Trinajstić information content (AvgIpc) is 2.94. The number of aryl methyl sites for hydroxylation is 1. The van der Waals surface area contributed by atoms with Gasteiger partial charge in [0, 0.05) is 10.8 Å². The van der Waals surface area contributed by atoms with Crippen LogP contribution in [0.4, 0.5) is 0 Å². The van der Waals surface area contributed by atoms with Gasteiger partial charge in [-0.15, -0.1) is 11.3 Å². The lowest BCUT2D eigenvalue weighted by molar-refractivity contribution is -0.141. The van der Waals surface area contributed by atoms with Crippen molar-refractivity contribution in [2.45, 2.75) is 32.7 Å². The molecule has 1 saturated carbocycles. The molecule has 0 aromatic carbocycles. The maximum atomic E-state index is 11.9. The second-order valence-electron chi connectivity index (χ2n) is 4.62. The van der Waals surface area contributed by atoms with Crippen LogP contribution in [0.25, 0.3) is 0 Å². The third-order valence-corrected chi connectivity index (χ3v) is 4.36. The van der Waals surface area contributed by atoms with E-state index in [1.807, 2.05) is 6.92 Å². The Labute approximate surface area is 109 Å². The van der Waals surface area contributed by atoms with Gasteiger partial charge in [-0.25, -0.2) is 4.98 Å². The fourth-order valence-corrected chi connectivity index (χ4v) is 2.97. The van der Waals surface area contributed by atoms with Gasteiger partial charge >= 0.3 is 5.97 Å². The Morgan fingerprint density at radius 1 is 1.50 bits per heavy atom. The Morgan fingerprint density at radius 3 is 2.78 bits per heavy atom. The van der Waals surface area contributed by atoms with Crippen LogP contribution in [0.5, 0.6) is 0 Å². The maximum Gasteiger partial charge on any atom is 0.306 e. The third kappa shape index (κ3) is 2.87. The van der Waals surface area contributed by atoms with E-state index in [1.165, 1.54) is 11.3 Å². The largest absolute Gasteiger partial charge is 0.481 e.